The molecule has 0 aliphatic rings. The Balaban J connectivity index is 1.90. The van der Waals surface area contributed by atoms with Crippen molar-refractivity contribution in [3.05, 3.63) is 82.0 Å². The number of fused-ring (bicyclic) bond motifs is 1. The Labute approximate surface area is 121 Å². The first-order valence-electron chi connectivity index (χ1n) is 6.50. The summed E-state index contributed by atoms with van der Waals surface area (Å²) in [5.41, 5.74) is 1.80. The van der Waals surface area contributed by atoms with Crippen molar-refractivity contribution in [2.75, 3.05) is 0 Å². The highest BCUT2D eigenvalue weighted by Gasteiger charge is 2.05. The molecule has 4 nitrogen and oxygen atoms in total. The van der Waals surface area contributed by atoms with Crippen molar-refractivity contribution in [1.29, 1.82) is 0 Å². The maximum atomic E-state index is 10.7. The topological polar surface area (TPSA) is 56.0 Å². The van der Waals surface area contributed by atoms with Crippen molar-refractivity contribution in [3.8, 4) is 0 Å². The molecule has 4 heteroatoms. The summed E-state index contributed by atoms with van der Waals surface area (Å²) in [5.74, 6) is -0.143. The molecular weight excluding hydrogens is 264 g/mol. The van der Waals surface area contributed by atoms with E-state index < -0.39 is 4.92 Å². The van der Waals surface area contributed by atoms with Crippen LogP contribution >= 0.6 is 0 Å². The molecule has 102 valence electrons. The zero-order chi connectivity index (χ0) is 14.7. The maximum Gasteiger partial charge on any atom is 0.363 e. The summed E-state index contributed by atoms with van der Waals surface area (Å²) in [7, 11) is 0. The van der Waals surface area contributed by atoms with Crippen LogP contribution < -0.4 is 0 Å². The van der Waals surface area contributed by atoms with Gasteiger partial charge in [-0.05, 0) is 43.9 Å². The molecule has 0 N–H and O–H groups in total. The first kappa shape index (κ1) is 13.0. The lowest BCUT2D eigenvalue weighted by atomic mass is 10.1. The van der Waals surface area contributed by atoms with Gasteiger partial charge in [-0.25, -0.2) is 0 Å². The predicted octanol–water partition coefficient (Wildman–Crippen LogP) is 4.31. The third-order valence-electron chi connectivity index (χ3n) is 3.20. The highest BCUT2D eigenvalue weighted by Crippen LogP contribution is 2.18. The van der Waals surface area contributed by atoms with Crippen LogP contribution in [0.4, 0.5) is 5.82 Å². The van der Waals surface area contributed by atoms with Crippen LogP contribution in [-0.4, -0.2) is 9.91 Å². The van der Waals surface area contributed by atoms with Crippen LogP contribution in [0.5, 0.6) is 0 Å². The number of rotatable bonds is 3. The molecule has 21 heavy (non-hydrogen) atoms. The van der Waals surface area contributed by atoms with Gasteiger partial charge in [-0.2, -0.15) is 0 Å². The van der Waals surface area contributed by atoms with Gasteiger partial charge in [-0.15, -0.1) is 0 Å². The van der Waals surface area contributed by atoms with Crippen molar-refractivity contribution in [3.63, 3.8) is 0 Å². The number of hydrogen-bond donors (Lipinski definition) is 0. The van der Waals surface area contributed by atoms with E-state index in [-0.39, 0.29) is 5.82 Å². The molecule has 0 fully saturated rings. The van der Waals surface area contributed by atoms with Crippen LogP contribution in [0.3, 0.4) is 0 Å². The number of nitrogens with zero attached hydrogens (tertiary/aromatic N) is 2. The number of benzene rings is 2. The second-order valence-corrected chi connectivity index (χ2v) is 4.64. The largest absolute Gasteiger partial charge is 0.363 e. The van der Waals surface area contributed by atoms with Crippen molar-refractivity contribution in [2.24, 2.45) is 0 Å². The zero-order valence-corrected chi connectivity index (χ0v) is 11.1. The highest BCUT2D eigenvalue weighted by atomic mass is 16.6. The van der Waals surface area contributed by atoms with Gasteiger partial charge in [-0.3, -0.25) is 0 Å². The molecule has 0 unspecified atom stereocenters. The fraction of sp³-hybridized carbons (Fsp3) is 0. The van der Waals surface area contributed by atoms with Crippen molar-refractivity contribution >= 4 is 28.7 Å². The Bertz CT molecular complexity index is 841. The summed E-state index contributed by atoms with van der Waals surface area (Å²) < 4.78 is 0. The summed E-state index contributed by atoms with van der Waals surface area (Å²) in [6.07, 6.45) is 5.22. The zero-order valence-electron chi connectivity index (χ0n) is 11.1. The fourth-order valence-corrected chi connectivity index (χ4v) is 2.14. The minimum atomic E-state index is -0.493. The van der Waals surface area contributed by atoms with Gasteiger partial charge in [0.1, 0.15) is 6.20 Å². The molecule has 0 amide bonds. The molecule has 1 heterocycles. The van der Waals surface area contributed by atoms with E-state index in [1.54, 1.807) is 6.07 Å². The van der Waals surface area contributed by atoms with Crippen LogP contribution in [0.1, 0.15) is 11.1 Å². The minimum absolute atomic E-state index is 0.143. The van der Waals surface area contributed by atoms with E-state index >= 15 is 0 Å². The summed E-state index contributed by atoms with van der Waals surface area (Å²) >= 11 is 0. The van der Waals surface area contributed by atoms with E-state index in [9.17, 15) is 10.1 Å². The molecule has 0 radical (unpaired) electrons. The molecule has 3 rings (SSSR count). The first-order chi connectivity index (χ1) is 10.2. The van der Waals surface area contributed by atoms with Gasteiger partial charge in [0, 0.05) is 6.07 Å². The van der Waals surface area contributed by atoms with E-state index in [1.165, 1.54) is 23.0 Å². The molecule has 1 aromatic heterocycles. The van der Waals surface area contributed by atoms with Crippen molar-refractivity contribution in [1.82, 2.24) is 4.98 Å². The Kier molecular flexibility index (Phi) is 3.43. The second-order valence-electron chi connectivity index (χ2n) is 4.64. The lowest BCUT2D eigenvalue weighted by molar-refractivity contribution is -0.389. The smallest absolute Gasteiger partial charge is 0.358 e. The first-order valence-corrected chi connectivity index (χ1v) is 6.50. The highest BCUT2D eigenvalue weighted by molar-refractivity contribution is 5.86. The van der Waals surface area contributed by atoms with Gasteiger partial charge < -0.3 is 10.1 Å². The average molecular weight is 276 g/mol. The lowest BCUT2D eigenvalue weighted by Gasteiger charge is -1.99. The molecule has 0 saturated heterocycles. The van der Waals surface area contributed by atoms with E-state index in [0.29, 0.717) is 0 Å². The van der Waals surface area contributed by atoms with Gasteiger partial charge in [0.15, 0.2) is 0 Å². The van der Waals surface area contributed by atoms with E-state index in [0.717, 1.165) is 11.1 Å². The van der Waals surface area contributed by atoms with Crippen LogP contribution in [-0.2, 0) is 0 Å². The molecule has 0 saturated carbocycles. The van der Waals surface area contributed by atoms with Crippen LogP contribution in [0.2, 0.25) is 0 Å². The number of hydrogen-bond acceptors (Lipinski definition) is 3. The molecule has 3 aromatic rings. The molecule has 0 atom stereocenters. The molecule has 2 aromatic carbocycles. The van der Waals surface area contributed by atoms with Crippen molar-refractivity contribution in [2.45, 2.75) is 0 Å². The van der Waals surface area contributed by atoms with Gasteiger partial charge >= 0.3 is 5.82 Å². The van der Waals surface area contributed by atoms with E-state index in [4.69, 9.17) is 0 Å². The molecule has 0 spiro atoms. The molecule has 0 aliphatic carbocycles. The maximum absolute atomic E-state index is 10.7. The van der Waals surface area contributed by atoms with E-state index in [1.807, 2.05) is 30.4 Å². The quantitative estimate of drug-likeness (QED) is 0.529. The van der Waals surface area contributed by atoms with Crippen molar-refractivity contribution < 1.29 is 4.92 Å². The second kappa shape index (κ2) is 5.54. The summed E-state index contributed by atoms with van der Waals surface area (Å²) in [6, 6.07) is 17.5. The van der Waals surface area contributed by atoms with Crippen LogP contribution in [0.15, 0.2) is 60.8 Å². The number of nitro groups is 1. The Hall–Kier alpha value is -3.01. The van der Waals surface area contributed by atoms with Crippen LogP contribution in [0, 0.1) is 10.1 Å². The third-order valence-corrected chi connectivity index (χ3v) is 3.20. The van der Waals surface area contributed by atoms with E-state index in [2.05, 4.69) is 29.2 Å². The van der Waals surface area contributed by atoms with Gasteiger partial charge in [0.25, 0.3) is 0 Å². The number of aromatic nitrogens is 1. The molecule has 0 bridgehead atoms. The fourth-order valence-electron chi connectivity index (χ4n) is 2.14. The predicted molar refractivity (Wildman–Crippen MR) is 83.8 cm³/mol. The van der Waals surface area contributed by atoms with Crippen LogP contribution in [0.25, 0.3) is 22.9 Å². The summed E-state index contributed by atoms with van der Waals surface area (Å²) in [4.78, 5) is 13.9. The SMILES string of the molecule is O=[N+]([O-])c1cc(/C=C/c2ccc3ccccc3c2)ccn1. The third kappa shape index (κ3) is 2.95. The monoisotopic (exact) mass is 276 g/mol. The molecule has 0 aliphatic heterocycles. The Morgan fingerprint density at radius 3 is 2.38 bits per heavy atom. The average Bonchev–Trinajstić information content (AvgIpc) is 2.53. The normalized spacial score (nSPS) is 11.0. The molecular formula is C17H12N2O2. The summed E-state index contributed by atoms with van der Waals surface area (Å²) in [6.45, 7) is 0. The van der Waals surface area contributed by atoms with Gasteiger partial charge in [0.05, 0.1) is 0 Å². The standard InChI is InChI=1S/C17H12N2O2/c20-19(21)17-12-14(9-10-18-17)6-5-13-7-8-15-3-1-2-4-16(15)11-13/h1-12H/b6-5+. The Morgan fingerprint density at radius 2 is 1.62 bits per heavy atom. The Morgan fingerprint density at radius 1 is 0.905 bits per heavy atom. The van der Waals surface area contributed by atoms with Gasteiger partial charge in [0.2, 0.25) is 0 Å². The minimum Gasteiger partial charge on any atom is -0.358 e. The van der Waals surface area contributed by atoms with Gasteiger partial charge in [-0.1, -0.05) is 48.6 Å². The lowest BCUT2D eigenvalue weighted by Crippen LogP contribution is -1.91. The number of pyridine rings is 1. The summed E-state index contributed by atoms with van der Waals surface area (Å²) in [5, 5.41) is 13.0.